The van der Waals surface area contributed by atoms with Crippen LogP contribution in [-0.4, -0.2) is 48.8 Å². The van der Waals surface area contributed by atoms with Crippen LogP contribution in [0.3, 0.4) is 0 Å². The maximum Gasteiger partial charge on any atom is 0.326 e. The Morgan fingerprint density at radius 1 is 1.28 bits per heavy atom. The lowest BCUT2D eigenvalue weighted by molar-refractivity contribution is -0.140. The fourth-order valence-electron chi connectivity index (χ4n) is 2.66. The van der Waals surface area contributed by atoms with E-state index in [4.69, 9.17) is 5.11 Å². The average Bonchev–Trinajstić information content (AvgIpc) is 3.03. The zero-order valence-corrected chi connectivity index (χ0v) is 16.2. The van der Waals surface area contributed by atoms with Crippen molar-refractivity contribution in [2.75, 3.05) is 13.1 Å². The number of aliphatic carboxylic acids is 1. The van der Waals surface area contributed by atoms with E-state index in [9.17, 15) is 18.0 Å². The molecule has 0 unspecified atom stereocenters. The largest absolute Gasteiger partial charge is 0.480 e. The van der Waals surface area contributed by atoms with Gasteiger partial charge in [0.2, 0.25) is 0 Å². The van der Waals surface area contributed by atoms with Crippen LogP contribution in [-0.2, 0) is 14.8 Å². The van der Waals surface area contributed by atoms with E-state index in [-0.39, 0.29) is 15.0 Å². The first-order chi connectivity index (χ1) is 11.6. The highest BCUT2D eigenvalue weighted by Crippen LogP contribution is 2.28. The van der Waals surface area contributed by atoms with Crippen LogP contribution in [0.1, 0.15) is 43.3 Å². The molecular weight excluding hydrogens is 364 g/mol. The van der Waals surface area contributed by atoms with E-state index in [1.54, 1.807) is 13.8 Å². The van der Waals surface area contributed by atoms with Gasteiger partial charge in [-0.3, -0.25) is 4.79 Å². The summed E-state index contributed by atoms with van der Waals surface area (Å²) in [5, 5.41) is 11.6. The van der Waals surface area contributed by atoms with Crippen LogP contribution in [0.25, 0.3) is 0 Å². The molecule has 2 N–H and O–H groups in total. The lowest BCUT2D eigenvalue weighted by Gasteiger charge is -2.28. The number of thiophene rings is 1. The van der Waals surface area contributed by atoms with Gasteiger partial charge in [0.25, 0.3) is 15.9 Å². The number of nitrogens with one attached hydrogen (secondary N) is 1. The number of amides is 1. The minimum atomic E-state index is -3.60. The number of carboxylic acids is 1. The summed E-state index contributed by atoms with van der Waals surface area (Å²) in [7, 11) is -3.60. The molecule has 0 radical (unpaired) electrons. The van der Waals surface area contributed by atoms with Crippen LogP contribution in [0.4, 0.5) is 0 Å². The van der Waals surface area contributed by atoms with Crippen LogP contribution < -0.4 is 5.32 Å². The molecule has 0 bridgehead atoms. The van der Waals surface area contributed by atoms with Gasteiger partial charge in [-0.2, -0.15) is 4.31 Å². The summed E-state index contributed by atoms with van der Waals surface area (Å²) in [5.74, 6) is -1.45. The molecule has 2 heterocycles. The summed E-state index contributed by atoms with van der Waals surface area (Å²) in [4.78, 5) is 23.6. The van der Waals surface area contributed by atoms with E-state index in [1.807, 2.05) is 0 Å². The lowest BCUT2D eigenvalue weighted by atomic mass is 10.0. The summed E-state index contributed by atoms with van der Waals surface area (Å²) >= 11 is 0.873. The number of carboxylic acid groups (broad SMARTS) is 1. The minimum Gasteiger partial charge on any atom is -0.480 e. The Labute approximate surface area is 152 Å². The van der Waals surface area contributed by atoms with Crippen molar-refractivity contribution in [3.63, 3.8) is 0 Å². The van der Waals surface area contributed by atoms with Crippen molar-refractivity contribution in [2.24, 2.45) is 11.8 Å². The topological polar surface area (TPSA) is 104 Å². The predicted octanol–water partition coefficient (Wildman–Crippen LogP) is 2.01. The average molecular weight is 389 g/mol. The number of piperidine rings is 1. The normalized spacial score (nSPS) is 18.2. The van der Waals surface area contributed by atoms with E-state index >= 15 is 0 Å². The maximum atomic E-state index is 12.7. The van der Waals surface area contributed by atoms with E-state index in [0.29, 0.717) is 19.0 Å². The van der Waals surface area contributed by atoms with Crippen molar-refractivity contribution in [1.82, 2.24) is 9.62 Å². The molecule has 0 aliphatic carbocycles. The molecule has 1 aromatic rings. The van der Waals surface area contributed by atoms with Crippen molar-refractivity contribution in [1.29, 1.82) is 0 Å². The van der Waals surface area contributed by atoms with E-state index < -0.39 is 27.9 Å². The molecule has 1 saturated heterocycles. The fourth-order valence-corrected chi connectivity index (χ4v) is 5.49. The summed E-state index contributed by atoms with van der Waals surface area (Å²) in [6.07, 6.45) is 1.65. The number of hydrogen-bond acceptors (Lipinski definition) is 5. The minimum absolute atomic E-state index is 0.114. The Morgan fingerprint density at radius 2 is 1.88 bits per heavy atom. The highest BCUT2D eigenvalue weighted by molar-refractivity contribution is 7.91. The lowest BCUT2D eigenvalue weighted by Crippen LogP contribution is -2.44. The van der Waals surface area contributed by atoms with Gasteiger partial charge in [0.1, 0.15) is 10.3 Å². The van der Waals surface area contributed by atoms with Crippen molar-refractivity contribution in [3.8, 4) is 0 Å². The summed E-state index contributed by atoms with van der Waals surface area (Å²) < 4.78 is 26.9. The summed E-state index contributed by atoms with van der Waals surface area (Å²) in [6.45, 7) is 6.46. The van der Waals surface area contributed by atoms with Crippen LogP contribution >= 0.6 is 11.3 Å². The van der Waals surface area contributed by atoms with Crippen molar-refractivity contribution < 1.29 is 23.1 Å². The first kappa shape index (κ1) is 19.9. The molecule has 1 aromatic heterocycles. The van der Waals surface area contributed by atoms with E-state index in [0.717, 1.165) is 24.2 Å². The highest BCUT2D eigenvalue weighted by Gasteiger charge is 2.30. The van der Waals surface area contributed by atoms with Gasteiger partial charge in [0, 0.05) is 13.1 Å². The van der Waals surface area contributed by atoms with Crippen molar-refractivity contribution in [3.05, 3.63) is 17.0 Å². The molecule has 1 aliphatic rings. The SMILES string of the molecule is CC1CCN(S(=O)(=O)c2ccc(C(=O)N[C@H](C(=O)O)C(C)C)s2)CC1. The van der Waals surface area contributed by atoms with Crippen LogP contribution in [0.15, 0.2) is 16.3 Å². The quantitative estimate of drug-likeness (QED) is 0.776. The third kappa shape index (κ3) is 4.59. The monoisotopic (exact) mass is 388 g/mol. The Hall–Kier alpha value is -1.45. The third-order valence-corrected chi connectivity index (χ3v) is 7.81. The molecule has 0 aromatic carbocycles. The Balaban J connectivity index is 2.13. The molecule has 7 nitrogen and oxygen atoms in total. The molecule has 9 heteroatoms. The Kier molecular flexibility index (Phi) is 6.23. The number of sulfonamides is 1. The second-order valence-electron chi connectivity index (χ2n) is 6.74. The molecule has 0 saturated carbocycles. The third-order valence-electron chi connectivity index (χ3n) is 4.36. The van der Waals surface area contributed by atoms with E-state index in [2.05, 4.69) is 12.2 Å². The molecule has 1 amide bonds. The smallest absolute Gasteiger partial charge is 0.326 e. The molecular formula is C16H24N2O5S2. The van der Waals surface area contributed by atoms with Gasteiger partial charge in [-0.05, 0) is 36.8 Å². The summed E-state index contributed by atoms with van der Waals surface area (Å²) in [5.41, 5.74) is 0. The highest BCUT2D eigenvalue weighted by atomic mass is 32.2. The fraction of sp³-hybridized carbons (Fsp3) is 0.625. The molecule has 0 spiro atoms. The predicted molar refractivity (Wildman–Crippen MR) is 95.2 cm³/mol. The van der Waals surface area contributed by atoms with Gasteiger partial charge in [-0.1, -0.05) is 20.8 Å². The Morgan fingerprint density at radius 3 is 2.40 bits per heavy atom. The zero-order chi connectivity index (χ0) is 18.8. The molecule has 140 valence electrons. The molecule has 25 heavy (non-hydrogen) atoms. The van der Waals surface area contributed by atoms with Crippen molar-refractivity contribution >= 4 is 33.2 Å². The number of nitrogens with zero attached hydrogens (tertiary/aromatic N) is 1. The maximum absolute atomic E-state index is 12.7. The van der Waals surface area contributed by atoms with Gasteiger partial charge in [-0.25, -0.2) is 13.2 Å². The van der Waals surface area contributed by atoms with Gasteiger partial charge in [0.15, 0.2) is 0 Å². The summed E-state index contributed by atoms with van der Waals surface area (Å²) in [6, 6.07) is 1.83. The molecule has 1 aliphatic heterocycles. The van der Waals surface area contributed by atoms with Crippen molar-refractivity contribution in [2.45, 2.75) is 43.9 Å². The molecule has 1 atom stereocenters. The van der Waals surface area contributed by atoms with Crippen LogP contribution in [0.2, 0.25) is 0 Å². The first-order valence-electron chi connectivity index (χ1n) is 8.26. The van der Waals surface area contributed by atoms with Crippen LogP contribution in [0.5, 0.6) is 0 Å². The molecule has 2 rings (SSSR count). The standard InChI is InChI=1S/C16H24N2O5S2/c1-10(2)14(16(20)21)17-15(19)12-4-5-13(24-12)25(22,23)18-8-6-11(3)7-9-18/h4-5,10-11,14H,6-9H2,1-3H3,(H,17,19)(H,20,21)/t14-/m0/s1. The number of hydrogen-bond donors (Lipinski definition) is 2. The number of carbonyl (C=O) groups excluding carboxylic acids is 1. The second-order valence-corrected chi connectivity index (χ2v) is 9.99. The van der Waals surface area contributed by atoms with Gasteiger partial charge >= 0.3 is 5.97 Å². The first-order valence-corrected chi connectivity index (χ1v) is 10.5. The number of carbonyl (C=O) groups is 2. The molecule has 1 fully saturated rings. The van der Waals surface area contributed by atoms with Gasteiger partial charge in [-0.15, -0.1) is 11.3 Å². The Bertz CT molecular complexity index is 733. The zero-order valence-electron chi connectivity index (χ0n) is 14.6. The second kappa shape index (κ2) is 7.84. The van der Waals surface area contributed by atoms with Crippen LogP contribution in [0, 0.1) is 11.8 Å². The number of rotatable bonds is 6. The van der Waals surface area contributed by atoms with E-state index in [1.165, 1.54) is 16.4 Å². The van der Waals surface area contributed by atoms with Gasteiger partial charge < -0.3 is 10.4 Å². The van der Waals surface area contributed by atoms with Gasteiger partial charge in [0.05, 0.1) is 4.88 Å².